The molecule has 0 amide bonds. The number of rotatable bonds is 4. The van der Waals surface area contributed by atoms with E-state index in [1.54, 1.807) is 30.0 Å². The molecule has 96 valence electrons. The molecule has 2 rings (SSSR count). The van der Waals surface area contributed by atoms with E-state index in [1.165, 1.54) is 0 Å². The van der Waals surface area contributed by atoms with Gasteiger partial charge in [-0.3, -0.25) is 4.68 Å². The van der Waals surface area contributed by atoms with E-state index in [0.29, 0.717) is 23.8 Å². The maximum absolute atomic E-state index is 11.8. The normalized spacial score (nSPS) is 10.9. The molecule has 5 heteroatoms. The predicted octanol–water partition coefficient (Wildman–Crippen LogP) is 2.90. The van der Waals surface area contributed by atoms with E-state index in [2.05, 4.69) is 5.10 Å². The monoisotopic (exact) mass is 248 g/mol. The molecule has 5 nitrogen and oxygen atoms in total. The van der Waals surface area contributed by atoms with Gasteiger partial charge in [0, 0.05) is 12.1 Å². The van der Waals surface area contributed by atoms with Crippen molar-refractivity contribution in [3.63, 3.8) is 0 Å². The summed E-state index contributed by atoms with van der Waals surface area (Å²) in [6, 6.07) is 5.36. The first-order valence-corrected chi connectivity index (χ1v) is 5.94. The molecule has 0 spiro atoms. The maximum atomic E-state index is 11.8. The van der Waals surface area contributed by atoms with Crippen LogP contribution in [0.4, 0.5) is 0 Å². The van der Waals surface area contributed by atoms with Crippen molar-refractivity contribution in [1.29, 1.82) is 0 Å². The van der Waals surface area contributed by atoms with Gasteiger partial charge in [-0.05, 0) is 32.9 Å². The Morgan fingerprint density at radius 3 is 2.89 bits per heavy atom. The van der Waals surface area contributed by atoms with Crippen molar-refractivity contribution in [2.75, 3.05) is 6.61 Å². The fourth-order valence-corrected chi connectivity index (χ4v) is 1.69. The largest absolute Gasteiger partial charge is 0.463 e. The predicted molar refractivity (Wildman–Crippen MR) is 66.3 cm³/mol. The van der Waals surface area contributed by atoms with Gasteiger partial charge in [0.25, 0.3) is 0 Å². The van der Waals surface area contributed by atoms with Crippen molar-refractivity contribution in [1.82, 2.24) is 9.78 Å². The fraction of sp³-hybridized carbons (Fsp3) is 0.385. The van der Waals surface area contributed by atoms with Gasteiger partial charge in [-0.2, -0.15) is 5.10 Å². The van der Waals surface area contributed by atoms with Crippen LogP contribution in [0.15, 0.2) is 28.9 Å². The number of esters is 1. The average Bonchev–Trinajstić information content (AvgIpc) is 2.98. The minimum atomic E-state index is -0.364. The summed E-state index contributed by atoms with van der Waals surface area (Å²) in [5.74, 6) is 0.274. The molecule has 0 N–H and O–H groups in total. The average molecular weight is 248 g/mol. The third kappa shape index (κ3) is 2.30. The summed E-state index contributed by atoms with van der Waals surface area (Å²) in [4.78, 5) is 11.8. The van der Waals surface area contributed by atoms with Gasteiger partial charge in [-0.25, -0.2) is 4.79 Å². The van der Waals surface area contributed by atoms with E-state index < -0.39 is 0 Å². The number of aromatic nitrogens is 2. The first kappa shape index (κ1) is 12.4. The molecule has 0 aromatic carbocycles. The van der Waals surface area contributed by atoms with E-state index in [0.717, 1.165) is 0 Å². The van der Waals surface area contributed by atoms with Crippen LogP contribution in [0.1, 0.15) is 37.3 Å². The van der Waals surface area contributed by atoms with E-state index in [9.17, 15) is 4.79 Å². The quantitative estimate of drug-likeness (QED) is 0.780. The van der Waals surface area contributed by atoms with Crippen LogP contribution in [0.2, 0.25) is 0 Å². The Labute approximate surface area is 105 Å². The number of hydrogen-bond acceptors (Lipinski definition) is 4. The molecule has 0 radical (unpaired) electrons. The molecule has 0 saturated carbocycles. The summed E-state index contributed by atoms with van der Waals surface area (Å²) < 4.78 is 11.9. The molecule has 0 aliphatic heterocycles. The molecular weight excluding hydrogens is 232 g/mol. The Morgan fingerprint density at radius 2 is 2.33 bits per heavy atom. The molecule has 0 aliphatic rings. The van der Waals surface area contributed by atoms with Crippen LogP contribution in [0.5, 0.6) is 0 Å². The zero-order valence-corrected chi connectivity index (χ0v) is 10.7. The fourth-order valence-electron chi connectivity index (χ4n) is 1.69. The van der Waals surface area contributed by atoms with Crippen LogP contribution in [-0.4, -0.2) is 22.4 Å². The molecular formula is C13H16N2O3. The highest BCUT2D eigenvalue weighted by atomic mass is 16.5. The van der Waals surface area contributed by atoms with Gasteiger partial charge in [0.05, 0.1) is 12.9 Å². The number of ether oxygens (including phenoxy) is 1. The van der Waals surface area contributed by atoms with Crippen molar-refractivity contribution < 1.29 is 13.9 Å². The second-order valence-corrected chi connectivity index (χ2v) is 4.15. The van der Waals surface area contributed by atoms with Crippen molar-refractivity contribution in [2.24, 2.45) is 0 Å². The summed E-state index contributed by atoms with van der Waals surface area (Å²) in [5, 5.41) is 4.38. The molecule has 0 saturated heterocycles. The van der Waals surface area contributed by atoms with E-state index in [4.69, 9.17) is 9.15 Å². The van der Waals surface area contributed by atoms with Crippen LogP contribution in [0.3, 0.4) is 0 Å². The minimum absolute atomic E-state index is 0.0770. The summed E-state index contributed by atoms with van der Waals surface area (Å²) >= 11 is 0. The SMILES string of the molecule is CCOC(=O)c1cc(-c2ccco2)nn1C(C)C. The summed E-state index contributed by atoms with van der Waals surface area (Å²) in [6.45, 7) is 6.04. The smallest absolute Gasteiger partial charge is 0.356 e. The van der Waals surface area contributed by atoms with Gasteiger partial charge >= 0.3 is 5.97 Å². The number of nitrogens with zero attached hydrogens (tertiary/aromatic N) is 2. The van der Waals surface area contributed by atoms with Gasteiger partial charge in [0.15, 0.2) is 5.76 Å². The highest BCUT2D eigenvalue weighted by Crippen LogP contribution is 2.22. The van der Waals surface area contributed by atoms with Crippen LogP contribution >= 0.6 is 0 Å². The standard InChI is InChI=1S/C13H16N2O3/c1-4-17-13(16)11-8-10(12-6-5-7-18-12)14-15(11)9(2)3/h5-9H,4H2,1-3H3. The Balaban J connectivity index is 2.42. The number of hydrogen-bond donors (Lipinski definition) is 0. The maximum Gasteiger partial charge on any atom is 0.356 e. The summed E-state index contributed by atoms with van der Waals surface area (Å²) in [7, 11) is 0. The molecule has 0 fully saturated rings. The lowest BCUT2D eigenvalue weighted by Gasteiger charge is -2.09. The summed E-state index contributed by atoms with van der Waals surface area (Å²) in [6.07, 6.45) is 1.58. The number of carbonyl (C=O) groups is 1. The first-order chi connectivity index (χ1) is 8.63. The van der Waals surface area contributed by atoms with Crippen LogP contribution in [0, 0.1) is 0 Å². The Kier molecular flexibility index (Phi) is 3.50. The summed E-state index contributed by atoms with van der Waals surface area (Å²) in [5.41, 5.74) is 1.08. The second kappa shape index (κ2) is 5.08. The third-order valence-corrected chi connectivity index (χ3v) is 2.48. The molecule has 0 atom stereocenters. The van der Waals surface area contributed by atoms with Crippen molar-refractivity contribution >= 4 is 5.97 Å². The Morgan fingerprint density at radius 1 is 1.56 bits per heavy atom. The molecule has 2 aromatic heterocycles. The Bertz CT molecular complexity index is 526. The molecule has 18 heavy (non-hydrogen) atoms. The van der Waals surface area contributed by atoms with Crippen LogP contribution in [0.25, 0.3) is 11.5 Å². The lowest BCUT2D eigenvalue weighted by Crippen LogP contribution is -2.14. The van der Waals surface area contributed by atoms with Gasteiger partial charge in [-0.15, -0.1) is 0 Å². The van der Waals surface area contributed by atoms with Crippen LogP contribution < -0.4 is 0 Å². The molecule has 0 bridgehead atoms. The number of furan rings is 1. The molecule has 0 unspecified atom stereocenters. The van der Waals surface area contributed by atoms with E-state index >= 15 is 0 Å². The van der Waals surface area contributed by atoms with Crippen molar-refractivity contribution in [3.8, 4) is 11.5 Å². The highest BCUT2D eigenvalue weighted by molar-refractivity contribution is 5.88. The second-order valence-electron chi connectivity index (χ2n) is 4.15. The van der Waals surface area contributed by atoms with Gasteiger partial charge < -0.3 is 9.15 Å². The van der Waals surface area contributed by atoms with Crippen molar-refractivity contribution in [3.05, 3.63) is 30.2 Å². The zero-order chi connectivity index (χ0) is 13.1. The molecule has 2 heterocycles. The minimum Gasteiger partial charge on any atom is -0.463 e. The van der Waals surface area contributed by atoms with E-state index in [-0.39, 0.29) is 12.0 Å². The zero-order valence-electron chi connectivity index (χ0n) is 10.7. The molecule has 2 aromatic rings. The van der Waals surface area contributed by atoms with Crippen LogP contribution in [-0.2, 0) is 4.74 Å². The third-order valence-electron chi connectivity index (χ3n) is 2.48. The number of carbonyl (C=O) groups excluding carboxylic acids is 1. The molecule has 0 aliphatic carbocycles. The van der Waals surface area contributed by atoms with Crippen molar-refractivity contribution in [2.45, 2.75) is 26.8 Å². The Hall–Kier alpha value is -2.04. The van der Waals surface area contributed by atoms with E-state index in [1.807, 2.05) is 19.9 Å². The topological polar surface area (TPSA) is 57.3 Å². The first-order valence-electron chi connectivity index (χ1n) is 5.94. The van der Waals surface area contributed by atoms with Gasteiger partial charge in [0.2, 0.25) is 0 Å². The van der Waals surface area contributed by atoms with Gasteiger partial charge in [-0.1, -0.05) is 0 Å². The highest BCUT2D eigenvalue weighted by Gasteiger charge is 2.19. The lowest BCUT2D eigenvalue weighted by atomic mass is 10.3. The lowest BCUT2D eigenvalue weighted by molar-refractivity contribution is 0.0510. The van der Waals surface area contributed by atoms with Gasteiger partial charge in [0.1, 0.15) is 11.4 Å².